The summed E-state index contributed by atoms with van der Waals surface area (Å²) in [7, 11) is 0. The Morgan fingerprint density at radius 2 is 2.30 bits per heavy atom. The summed E-state index contributed by atoms with van der Waals surface area (Å²) in [5.74, 6) is -0.546. The Bertz CT molecular complexity index is 645. The van der Waals surface area contributed by atoms with Crippen molar-refractivity contribution in [2.75, 3.05) is 17.2 Å². The summed E-state index contributed by atoms with van der Waals surface area (Å²) in [6, 6.07) is 4.09. The molecule has 0 aliphatic heterocycles. The Balaban J connectivity index is 2.45. The van der Waals surface area contributed by atoms with Crippen LogP contribution in [0.15, 0.2) is 28.0 Å². The van der Waals surface area contributed by atoms with Gasteiger partial charge in [-0.3, -0.25) is 0 Å². The number of rotatable bonds is 3. The average molecular weight is 300 g/mol. The molecule has 9 heteroatoms. The molecule has 1 aromatic carbocycles. The molecular formula is C11H11ClFN5O2. The normalized spacial score (nSPS) is 11.7. The first-order valence-electron chi connectivity index (χ1n) is 5.61. The summed E-state index contributed by atoms with van der Waals surface area (Å²) in [6.07, 6.45) is 0. The molecule has 0 fully saturated rings. The topological polar surface area (TPSA) is 101 Å². The number of halogens is 2. The molecule has 0 unspecified atom stereocenters. The molecule has 0 amide bonds. The number of hydrogen-bond donors (Lipinski definition) is 2. The number of anilines is 2. The zero-order valence-corrected chi connectivity index (χ0v) is 11.2. The second-order valence-electron chi connectivity index (χ2n) is 3.76. The first kappa shape index (κ1) is 14.1. The zero-order chi connectivity index (χ0) is 14.7. The van der Waals surface area contributed by atoms with E-state index in [1.165, 1.54) is 23.1 Å². The molecule has 0 saturated carbocycles. The van der Waals surface area contributed by atoms with Crippen LogP contribution in [0.1, 0.15) is 12.6 Å². The van der Waals surface area contributed by atoms with E-state index in [2.05, 4.69) is 20.1 Å². The van der Waals surface area contributed by atoms with E-state index in [0.29, 0.717) is 12.2 Å². The van der Waals surface area contributed by atoms with Gasteiger partial charge in [-0.1, -0.05) is 16.8 Å². The van der Waals surface area contributed by atoms with Gasteiger partial charge in [0.15, 0.2) is 11.5 Å². The number of nitrogens with zero attached hydrogens (tertiary/aromatic N) is 4. The van der Waals surface area contributed by atoms with E-state index in [-0.39, 0.29) is 22.4 Å². The Kier molecular flexibility index (Phi) is 4.04. The van der Waals surface area contributed by atoms with Gasteiger partial charge in [0.05, 0.1) is 5.02 Å². The van der Waals surface area contributed by atoms with Gasteiger partial charge in [0.1, 0.15) is 5.82 Å². The van der Waals surface area contributed by atoms with Crippen LogP contribution in [-0.2, 0) is 0 Å². The van der Waals surface area contributed by atoms with Gasteiger partial charge < -0.3 is 15.8 Å². The van der Waals surface area contributed by atoms with E-state index < -0.39 is 5.82 Å². The quantitative estimate of drug-likeness (QED) is 0.389. The first-order valence-corrected chi connectivity index (χ1v) is 5.99. The first-order chi connectivity index (χ1) is 9.58. The smallest absolute Gasteiger partial charge is 0.205 e. The van der Waals surface area contributed by atoms with Gasteiger partial charge in [-0.15, -0.1) is 0 Å². The Morgan fingerprint density at radius 3 is 2.80 bits per heavy atom. The van der Waals surface area contributed by atoms with E-state index in [0.717, 1.165) is 0 Å². The van der Waals surface area contributed by atoms with Crippen LogP contribution in [0, 0.1) is 5.82 Å². The molecule has 2 aromatic rings. The minimum Gasteiger partial charge on any atom is -0.409 e. The van der Waals surface area contributed by atoms with E-state index >= 15 is 0 Å². The third-order valence-electron chi connectivity index (χ3n) is 2.61. The molecule has 0 saturated heterocycles. The fourth-order valence-corrected chi connectivity index (χ4v) is 1.86. The Morgan fingerprint density at radius 1 is 1.55 bits per heavy atom. The fraction of sp³-hybridized carbons (Fsp3) is 0.182. The minimum atomic E-state index is -0.545. The van der Waals surface area contributed by atoms with Crippen molar-refractivity contribution in [2.24, 2.45) is 5.16 Å². The monoisotopic (exact) mass is 299 g/mol. The average Bonchev–Trinajstić information content (AvgIpc) is 2.85. The van der Waals surface area contributed by atoms with Gasteiger partial charge in [-0.25, -0.2) is 9.02 Å². The lowest BCUT2D eigenvalue weighted by Gasteiger charge is -2.22. The molecule has 3 N–H and O–H groups in total. The molecule has 1 heterocycles. The lowest BCUT2D eigenvalue weighted by Crippen LogP contribution is -2.32. The van der Waals surface area contributed by atoms with Gasteiger partial charge >= 0.3 is 0 Å². The summed E-state index contributed by atoms with van der Waals surface area (Å²) in [5.41, 5.74) is 6.16. The Labute approximate surface area is 118 Å². The zero-order valence-electron chi connectivity index (χ0n) is 10.4. The highest BCUT2D eigenvalue weighted by Gasteiger charge is 2.22. The van der Waals surface area contributed by atoms with Crippen molar-refractivity contribution in [3.05, 3.63) is 34.7 Å². The van der Waals surface area contributed by atoms with Crippen molar-refractivity contribution in [3.63, 3.8) is 0 Å². The van der Waals surface area contributed by atoms with Crippen LogP contribution in [0.2, 0.25) is 5.02 Å². The molecule has 0 aliphatic carbocycles. The highest BCUT2D eigenvalue weighted by Crippen LogP contribution is 2.24. The maximum atomic E-state index is 13.2. The van der Waals surface area contributed by atoms with Gasteiger partial charge in [-0.2, -0.15) is 0 Å². The molecule has 7 nitrogen and oxygen atoms in total. The maximum Gasteiger partial charge on any atom is 0.205 e. The van der Waals surface area contributed by atoms with Gasteiger partial charge in [0.25, 0.3) is 0 Å². The summed E-state index contributed by atoms with van der Waals surface area (Å²) in [4.78, 5) is 1.53. The number of aromatic nitrogens is 2. The maximum absolute atomic E-state index is 13.2. The van der Waals surface area contributed by atoms with Crippen molar-refractivity contribution >= 4 is 28.9 Å². The van der Waals surface area contributed by atoms with Crippen LogP contribution >= 0.6 is 11.6 Å². The van der Waals surface area contributed by atoms with Crippen molar-refractivity contribution in [3.8, 4) is 0 Å². The third-order valence-corrected chi connectivity index (χ3v) is 2.90. The summed E-state index contributed by atoms with van der Waals surface area (Å²) in [5, 5.41) is 19.3. The van der Waals surface area contributed by atoms with Gasteiger partial charge in [0, 0.05) is 12.2 Å². The third kappa shape index (κ3) is 2.50. The number of nitrogens with two attached hydrogens (primary N) is 1. The number of hydrogen-bond acceptors (Lipinski definition) is 6. The van der Waals surface area contributed by atoms with Crippen molar-refractivity contribution < 1.29 is 14.2 Å². The van der Waals surface area contributed by atoms with Crippen molar-refractivity contribution in [2.45, 2.75) is 6.92 Å². The molecule has 0 radical (unpaired) electrons. The molecule has 0 bridgehead atoms. The van der Waals surface area contributed by atoms with E-state index in [1.807, 2.05) is 0 Å². The highest BCUT2D eigenvalue weighted by atomic mass is 35.5. The van der Waals surface area contributed by atoms with Crippen LogP contribution < -0.4 is 10.6 Å². The summed E-state index contributed by atoms with van der Waals surface area (Å²) < 4.78 is 17.7. The molecule has 1 aromatic heterocycles. The molecule has 0 atom stereocenters. The van der Waals surface area contributed by atoms with Crippen LogP contribution in [0.3, 0.4) is 0 Å². The lowest BCUT2D eigenvalue weighted by atomic mass is 10.2. The number of amidine groups is 1. The molecule has 0 spiro atoms. The van der Waals surface area contributed by atoms with Crippen LogP contribution in [-0.4, -0.2) is 27.9 Å². The fourth-order valence-electron chi connectivity index (χ4n) is 1.69. The predicted molar refractivity (Wildman–Crippen MR) is 71.5 cm³/mol. The van der Waals surface area contributed by atoms with E-state index in [9.17, 15) is 9.60 Å². The highest BCUT2D eigenvalue weighted by molar-refractivity contribution is 6.31. The Hall–Kier alpha value is -2.35. The molecule has 2 rings (SSSR count). The predicted octanol–water partition coefficient (Wildman–Crippen LogP) is 2.11. The van der Waals surface area contributed by atoms with E-state index in [4.69, 9.17) is 17.3 Å². The number of nitrogen functional groups attached to an aromatic ring is 1. The number of benzene rings is 1. The molecule has 0 aliphatic rings. The molecule has 20 heavy (non-hydrogen) atoms. The van der Waals surface area contributed by atoms with E-state index in [1.54, 1.807) is 6.92 Å². The summed E-state index contributed by atoms with van der Waals surface area (Å²) >= 11 is 5.74. The van der Waals surface area contributed by atoms with Crippen molar-refractivity contribution in [1.29, 1.82) is 0 Å². The van der Waals surface area contributed by atoms with Crippen molar-refractivity contribution in [1.82, 2.24) is 10.3 Å². The van der Waals surface area contributed by atoms with Crippen LogP contribution in [0.4, 0.5) is 15.9 Å². The minimum absolute atomic E-state index is 0.0222. The van der Waals surface area contributed by atoms with Gasteiger partial charge in [-0.05, 0) is 35.4 Å². The summed E-state index contributed by atoms with van der Waals surface area (Å²) in [6.45, 7) is 2.19. The lowest BCUT2D eigenvalue weighted by molar-refractivity contribution is 0.304. The second-order valence-corrected chi connectivity index (χ2v) is 4.17. The van der Waals surface area contributed by atoms with Crippen LogP contribution in [0.5, 0.6) is 0 Å². The number of oxime groups is 1. The standard InChI is InChI=1S/C11H11ClFN5O2/c1-2-18(6-3-4-8(13)7(12)5-6)11(15-19)9-10(14)17-20-16-9/h3-5,19H,2H2,1H3,(H2,14,17). The van der Waals surface area contributed by atoms with Gasteiger partial charge in [0.2, 0.25) is 5.84 Å². The van der Waals surface area contributed by atoms with Crippen LogP contribution in [0.25, 0.3) is 0 Å². The molecule has 106 valence electrons. The second kappa shape index (κ2) is 5.74. The SMILES string of the molecule is CCN(C(=NO)c1nonc1N)c1ccc(F)c(Cl)c1. The molecular weight excluding hydrogens is 289 g/mol. The largest absolute Gasteiger partial charge is 0.409 e.